The molecule has 1 aromatic rings. The molecular formula is C13H19NOS. The summed E-state index contributed by atoms with van der Waals surface area (Å²) < 4.78 is 6.12. The van der Waals surface area contributed by atoms with Crippen molar-refractivity contribution in [2.75, 3.05) is 6.54 Å². The van der Waals surface area contributed by atoms with Gasteiger partial charge in [-0.3, -0.25) is 0 Å². The first-order valence-electron chi connectivity index (χ1n) is 6.31. The van der Waals surface area contributed by atoms with Crippen molar-refractivity contribution in [1.29, 1.82) is 0 Å². The maximum atomic E-state index is 6.12. The Bertz CT molecular complexity index is 380. The summed E-state index contributed by atoms with van der Waals surface area (Å²) >= 11 is 1.97. The summed E-state index contributed by atoms with van der Waals surface area (Å²) in [5.41, 5.74) is 8.68. The maximum absolute atomic E-state index is 6.12. The molecule has 2 N–H and O–H groups in total. The zero-order valence-corrected chi connectivity index (χ0v) is 10.4. The van der Waals surface area contributed by atoms with Crippen LogP contribution in [0.4, 0.5) is 0 Å². The van der Waals surface area contributed by atoms with E-state index in [2.05, 4.69) is 0 Å². The van der Waals surface area contributed by atoms with Crippen LogP contribution in [0.15, 0.2) is 4.42 Å². The van der Waals surface area contributed by atoms with Gasteiger partial charge in [-0.05, 0) is 31.4 Å². The second kappa shape index (κ2) is 4.46. The van der Waals surface area contributed by atoms with Gasteiger partial charge in [0.25, 0.3) is 0 Å². The topological polar surface area (TPSA) is 39.2 Å². The predicted octanol–water partition coefficient (Wildman–Crippen LogP) is 3.19. The lowest BCUT2D eigenvalue weighted by atomic mass is 9.97. The Morgan fingerprint density at radius 3 is 2.81 bits per heavy atom. The molecule has 0 unspecified atom stereocenters. The van der Waals surface area contributed by atoms with Crippen molar-refractivity contribution in [3.63, 3.8) is 0 Å². The first-order chi connectivity index (χ1) is 7.90. The lowest BCUT2D eigenvalue weighted by Gasteiger charge is -2.09. The van der Waals surface area contributed by atoms with E-state index in [4.69, 9.17) is 10.2 Å². The lowest BCUT2D eigenvalue weighted by molar-refractivity contribution is 0.438. The number of nitrogens with two attached hydrogens (primary N) is 1. The van der Waals surface area contributed by atoms with Gasteiger partial charge in [-0.25, -0.2) is 0 Å². The fourth-order valence-corrected chi connectivity index (χ4v) is 4.10. The average molecular weight is 237 g/mol. The SMILES string of the molecule is NCCc1c(C2CCCC2)oc2c1CSC2. The number of hydrogen-bond acceptors (Lipinski definition) is 3. The van der Waals surface area contributed by atoms with E-state index in [1.165, 1.54) is 48.3 Å². The number of rotatable bonds is 3. The van der Waals surface area contributed by atoms with Crippen molar-refractivity contribution in [2.24, 2.45) is 5.73 Å². The third-order valence-electron chi connectivity index (χ3n) is 3.83. The van der Waals surface area contributed by atoms with Crippen molar-refractivity contribution >= 4 is 11.8 Å². The maximum Gasteiger partial charge on any atom is 0.118 e. The van der Waals surface area contributed by atoms with Crippen LogP contribution in [0.1, 0.15) is 54.2 Å². The quantitative estimate of drug-likeness (QED) is 0.877. The zero-order chi connectivity index (χ0) is 11.0. The highest BCUT2D eigenvalue weighted by Gasteiger charge is 2.29. The summed E-state index contributed by atoms with van der Waals surface area (Å²) in [6.07, 6.45) is 6.37. The average Bonchev–Trinajstić information content (AvgIpc) is 2.93. The molecule has 1 fully saturated rings. The predicted molar refractivity (Wildman–Crippen MR) is 67.7 cm³/mol. The van der Waals surface area contributed by atoms with Gasteiger partial charge in [0, 0.05) is 17.2 Å². The molecule has 0 radical (unpaired) electrons. The van der Waals surface area contributed by atoms with E-state index in [0.29, 0.717) is 5.92 Å². The molecule has 0 saturated heterocycles. The van der Waals surface area contributed by atoms with Gasteiger partial charge in [-0.2, -0.15) is 0 Å². The Morgan fingerprint density at radius 2 is 2.06 bits per heavy atom. The Hall–Kier alpha value is -0.410. The van der Waals surface area contributed by atoms with Crippen molar-refractivity contribution in [1.82, 2.24) is 0 Å². The third-order valence-corrected chi connectivity index (χ3v) is 4.79. The molecule has 1 aromatic heterocycles. The summed E-state index contributed by atoms with van der Waals surface area (Å²) in [7, 11) is 0. The number of fused-ring (bicyclic) bond motifs is 1. The highest BCUT2D eigenvalue weighted by Crippen LogP contribution is 2.43. The molecule has 1 saturated carbocycles. The fraction of sp³-hybridized carbons (Fsp3) is 0.692. The number of hydrogen-bond donors (Lipinski definition) is 1. The first-order valence-corrected chi connectivity index (χ1v) is 7.46. The largest absolute Gasteiger partial charge is 0.464 e. The van der Waals surface area contributed by atoms with E-state index in [1.54, 1.807) is 0 Å². The molecule has 2 heterocycles. The van der Waals surface area contributed by atoms with E-state index >= 15 is 0 Å². The fourth-order valence-electron chi connectivity index (χ4n) is 3.04. The van der Waals surface area contributed by atoms with Gasteiger partial charge in [-0.1, -0.05) is 12.8 Å². The normalized spacial score (nSPS) is 20.6. The molecular weight excluding hydrogens is 218 g/mol. The second-order valence-electron chi connectivity index (χ2n) is 4.86. The molecule has 3 heteroatoms. The van der Waals surface area contributed by atoms with Crippen LogP contribution in [0.5, 0.6) is 0 Å². The van der Waals surface area contributed by atoms with E-state index in [0.717, 1.165) is 24.5 Å². The van der Waals surface area contributed by atoms with Gasteiger partial charge < -0.3 is 10.2 Å². The lowest BCUT2D eigenvalue weighted by Crippen LogP contribution is -2.06. The summed E-state index contributed by atoms with van der Waals surface area (Å²) in [5.74, 6) is 5.45. The summed E-state index contributed by atoms with van der Waals surface area (Å²) in [6.45, 7) is 0.746. The van der Waals surface area contributed by atoms with Crippen molar-refractivity contribution in [3.8, 4) is 0 Å². The smallest absolute Gasteiger partial charge is 0.118 e. The Labute approximate surface area is 101 Å². The summed E-state index contributed by atoms with van der Waals surface area (Å²) in [4.78, 5) is 0. The number of thioether (sulfide) groups is 1. The molecule has 0 atom stereocenters. The Balaban J connectivity index is 1.96. The van der Waals surface area contributed by atoms with Crippen LogP contribution in [0, 0.1) is 0 Å². The molecule has 0 amide bonds. The van der Waals surface area contributed by atoms with Crippen LogP contribution in [0.25, 0.3) is 0 Å². The second-order valence-corrected chi connectivity index (χ2v) is 5.85. The van der Waals surface area contributed by atoms with Gasteiger partial charge >= 0.3 is 0 Å². The first kappa shape index (κ1) is 10.7. The minimum absolute atomic E-state index is 0.692. The van der Waals surface area contributed by atoms with E-state index < -0.39 is 0 Å². The van der Waals surface area contributed by atoms with Crippen molar-refractivity contribution in [3.05, 3.63) is 22.6 Å². The summed E-state index contributed by atoms with van der Waals surface area (Å²) in [6, 6.07) is 0. The van der Waals surface area contributed by atoms with Crippen LogP contribution in [-0.4, -0.2) is 6.54 Å². The van der Waals surface area contributed by atoms with Crippen LogP contribution in [0.2, 0.25) is 0 Å². The minimum atomic E-state index is 0.692. The van der Waals surface area contributed by atoms with Crippen molar-refractivity contribution in [2.45, 2.75) is 49.5 Å². The molecule has 1 aliphatic heterocycles. The molecule has 2 aliphatic rings. The van der Waals surface area contributed by atoms with Crippen LogP contribution >= 0.6 is 11.8 Å². The molecule has 1 aliphatic carbocycles. The van der Waals surface area contributed by atoms with Gasteiger partial charge in [-0.15, -0.1) is 11.8 Å². The number of furan rings is 1. The molecule has 16 heavy (non-hydrogen) atoms. The van der Waals surface area contributed by atoms with Gasteiger partial charge in [0.15, 0.2) is 0 Å². The molecule has 0 aromatic carbocycles. The Morgan fingerprint density at radius 1 is 1.25 bits per heavy atom. The molecule has 2 nitrogen and oxygen atoms in total. The van der Waals surface area contributed by atoms with E-state index in [1.807, 2.05) is 11.8 Å². The van der Waals surface area contributed by atoms with Gasteiger partial charge in [0.2, 0.25) is 0 Å². The van der Waals surface area contributed by atoms with E-state index in [-0.39, 0.29) is 0 Å². The molecule has 0 spiro atoms. The van der Waals surface area contributed by atoms with Crippen LogP contribution in [0.3, 0.4) is 0 Å². The zero-order valence-electron chi connectivity index (χ0n) is 9.63. The van der Waals surface area contributed by atoms with Gasteiger partial charge in [0.1, 0.15) is 11.5 Å². The Kier molecular flexibility index (Phi) is 2.99. The van der Waals surface area contributed by atoms with Crippen LogP contribution in [-0.2, 0) is 17.9 Å². The van der Waals surface area contributed by atoms with Crippen LogP contribution < -0.4 is 5.73 Å². The minimum Gasteiger partial charge on any atom is -0.464 e. The summed E-state index contributed by atoms with van der Waals surface area (Å²) in [5, 5.41) is 0. The highest BCUT2D eigenvalue weighted by atomic mass is 32.2. The highest BCUT2D eigenvalue weighted by molar-refractivity contribution is 7.98. The van der Waals surface area contributed by atoms with Gasteiger partial charge in [0.05, 0.1) is 5.75 Å². The monoisotopic (exact) mass is 237 g/mol. The van der Waals surface area contributed by atoms with E-state index in [9.17, 15) is 0 Å². The third kappa shape index (κ3) is 1.70. The van der Waals surface area contributed by atoms with Crippen molar-refractivity contribution < 1.29 is 4.42 Å². The molecule has 0 bridgehead atoms. The molecule has 3 rings (SSSR count). The standard InChI is InChI=1S/C13H19NOS/c14-6-5-10-11-7-16-8-12(11)15-13(10)9-3-1-2-4-9/h9H,1-8,14H2. The molecule has 88 valence electrons.